The van der Waals surface area contributed by atoms with E-state index in [-0.39, 0.29) is 11.4 Å². The third-order valence-electron chi connectivity index (χ3n) is 3.58. The van der Waals surface area contributed by atoms with E-state index < -0.39 is 0 Å². The van der Waals surface area contributed by atoms with Crippen LogP contribution in [0.3, 0.4) is 0 Å². The lowest BCUT2D eigenvalue weighted by atomic mass is 10.1. The molecule has 0 radical (unpaired) electrons. The summed E-state index contributed by atoms with van der Waals surface area (Å²) in [7, 11) is 0. The fourth-order valence-electron chi connectivity index (χ4n) is 2.38. The van der Waals surface area contributed by atoms with Gasteiger partial charge in [0, 0.05) is 29.6 Å². The van der Waals surface area contributed by atoms with E-state index >= 15 is 0 Å². The minimum absolute atomic E-state index is 0.144. The zero-order valence-corrected chi connectivity index (χ0v) is 12.2. The summed E-state index contributed by atoms with van der Waals surface area (Å²) in [6.07, 6.45) is 2.22. The largest absolute Gasteiger partial charge is 0.508 e. The molecule has 0 aliphatic rings. The molecule has 108 valence electrons. The van der Waals surface area contributed by atoms with Crippen LogP contribution in [-0.2, 0) is 6.54 Å². The molecule has 2 rings (SSSR count). The lowest BCUT2D eigenvalue weighted by Gasteiger charge is -2.14. The van der Waals surface area contributed by atoms with Crippen molar-refractivity contribution in [2.75, 3.05) is 0 Å². The number of aromatic hydroxyl groups is 1. The zero-order chi connectivity index (χ0) is 14.7. The third kappa shape index (κ3) is 3.02. The van der Waals surface area contributed by atoms with Gasteiger partial charge >= 0.3 is 5.63 Å². The van der Waals surface area contributed by atoms with Gasteiger partial charge in [-0.3, -0.25) is 0 Å². The van der Waals surface area contributed by atoms with E-state index in [4.69, 9.17) is 4.42 Å². The topological polar surface area (TPSA) is 62.5 Å². The summed E-state index contributed by atoms with van der Waals surface area (Å²) in [5.74, 6) is 0.144. The van der Waals surface area contributed by atoms with Crippen LogP contribution in [0.15, 0.2) is 27.4 Å². The molecule has 0 spiro atoms. The molecule has 0 aliphatic heterocycles. The Kier molecular flexibility index (Phi) is 4.45. The highest BCUT2D eigenvalue weighted by Crippen LogP contribution is 2.27. The molecule has 0 unspecified atom stereocenters. The first-order valence-electron chi connectivity index (χ1n) is 7.01. The standard InChI is InChI=1S/C16H21NO3/c1-4-5-10(2)17-9-12-8-15(19)20-16-11(3)14(18)7-6-13(12)16/h6-8,10,17-18H,4-5,9H2,1-3H3/t10-/m0/s1. The molecular formula is C16H21NO3. The smallest absolute Gasteiger partial charge is 0.336 e. The van der Waals surface area contributed by atoms with E-state index in [1.54, 1.807) is 19.1 Å². The maximum atomic E-state index is 11.7. The molecule has 0 aliphatic carbocycles. The highest BCUT2D eigenvalue weighted by Gasteiger charge is 2.11. The van der Waals surface area contributed by atoms with Crippen molar-refractivity contribution in [3.8, 4) is 5.75 Å². The van der Waals surface area contributed by atoms with E-state index in [0.717, 1.165) is 23.8 Å². The van der Waals surface area contributed by atoms with Crippen LogP contribution in [0, 0.1) is 6.92 Å². The Morgan fingerprint density at radius 1 is 1.40 bits per heavy atom. The number of benzene rings is 1. The Morgan fingerprint density at radius 3 is 2.85 bits per heavy atom. The summed E-state index contributed by atoms with van der Waals surface area (Å²) >= 11 is 0. The van der Waals surface area contributed by atoms with Gasteiger partial charge < -0.3 is 14.8 Å². The van der Waals surface area contributed by atoms with Crippen LogP contribution in [0.5, 0.6) is 5.75 Å². The summed E-state index contributed by atoms with van der Waals surface area (Å²) in [5, 5.41) is 14.0. The van der Waals surface area contributed by atoms with Gasteiger partial charge in [0.25, 0.3) is 0 Å². The molecule has 1 heterocycles. The van der Waals surface area contributed by atoms with Gasteiger partial charge in [-0.25, -0.2) is 4.79 Å². The summed E-state index contributed by atoms with van der Waals surface area (Å²) in [6, 6.07) is 5.35. The predicted molar refractivity (Wildman–Crippen MR) is 80.1 cm³/mol. The van der Waals surface area contributed by atoms with Gasteiger partial charge in [-0.1, -0.05) is 13.3 Å². The highest BCUT2D eigenvalue weighted by molar-refractivity contribution is 5.84. The van der Waals surface area contributed by atoms with Crippen molar-refractivity contribution in [2.24, 2.45) is 0 Å². The van der Waals surface area contributed by atoms with E-state index in [9.17, 15) is 9.90 Å². The third-order valence-corrected chi connectivity index (χ3v) is 3.58. The van der Waals surface area contributed by atoms with Gasteiger partial charge in [-0.05, 0) is 38.0 Å². The number of hydrogen-bond acceptors (Lipinski definition) is 4. The molecule has 4 heteroatoms. The van der Waals surface area contributed by atoms with Gasteiger partial charge in [0.15, 0.2) is 0 Å². The molecule has 1 aromatic carbocycles. The Labute approximate surface area is 118 Å². The SMILES string of the molecule is CCC[C@H](C)NCc1cc(=O)oc2c(C)c(O)ccc12. The van der Waals surface area contributed by atoms with Crippen LogP contribution >= 0.6 is 0 Å². The Hall–Kier alpha value is -1.81. The Balaban J connectivity index is 2.38. The number of nitrogens with one attached hydrogen (secondary N) is 1. The average Bonchev–Trinajstić information content (AvgIpc) is 2.41. The lowest BCUT2D eigenvalue weighted by Crippen LogP contribution is -2.25. The summed E-state index contributed by atoms with van der Waals surface area (Å²) in [6.45, 7) is 6.65. The summed E-state index contributed by atoms with van der Waals surface area (Å²) < 4.78 is 5.22. The molecule has 0 saturated carbocycles. The monoisotopic (exact) mass is 275 g/mol. The summed E-state index contributed by atoms with van der Waals surface area (Å²) in [5.41, 5.74) is 1.59. The van der Waals surface area contributed by atoms with Crippen LogP contribution in [0.4, 0.5) is 0 Å². The fraction of sp³-hybridized carbons (Fsp3) is 0.438. The highest BCUT2D eigenvalue weighted by atomic mass is 16.4. The van der Waals surface area contributed by atoms with Gasteiger partial charge in [-0.2, -0.15) is 0 Å². The van der Waals surface area contributed by atoms with Crippen molar-refractivity contribution in [3.63, 3.8) is 0 Å². The second kappa shape index (κ2) is 6.09. The minimum Gasteiger partial charge on any atom is -0.508 e. The maximum Gasteiger partial charge on any atom is 0.336 e. The first-order chi connectivity index (χ1) is 9.52. The van der Waals surface area contributed by atoms with Crippen molar-refractivity contribution in [1.29, 1.82) is 0 Å². The first-order valence-corrected chi connectivity index (χ1v) is 7.01. The average molecular weight is 275 g/mol. The molecule has 0 amide bonds. The van der Waals surface area contributed by atoms with Gasteiger partial charge in [0.1, 0.15) is 11.3 Å². The molecule has 1 aromatic heterocycles. The molecule has 0 fully saturated rings. The molecular weight excluding hydrogens is 254 g/mol. The van der Waals surface area contributed by atoms with Crippen molar-refractivity contribution in [2.45, 2.75) is 46.2 Å². The predicted octanol–water partition coefficient (Wildman–Crippen LogP) is 3.09. The number of phenolic OH excluding ortho intramolecular Hbond substituents is 1. The zero-order valence-electron chi connectivity index (χ0n) is 12.2. The minimum atomic E-state index is -0.383. The second-order valence-electron chi connectivity index (χ2n) is 5.25. The lowest BCUT2D eigenvalue weighted by molar-refractivity contribution is 0.467. The number of fused-ring (bicyclic) bond motifs is 1. The molecule has 1 atom stereocenters. The van der Waals surface area contributed by atoms with E-state index in [2.05, 4.69) is 19.2 Å². The number of rotatable bonds is 5. The van der Waals surface area contributed by atoms with Crippen LogP contribution in [0.1, 0.15) is 37.8 Å². The number of phenols is 1. The molecule has 20 heavy (non-hydrogen) atoms. The first kappa shape index (κ1) is 14.6. The van der Waals surface area contributed by atoms with E-state index in [0.29, 0.717) is 23.7 Å². The molecule has 2 aromatic rings. The number of aryl methyl sites for hydroxylation is 1. The molecule has 0 bridgehead atoms. The molecule has 2 N–H and O–H groups in total. The van der Waals surface area contributed by atoms with Gasteiger partial charge in [0.2, 0.25) is 0 Å². The van der Waals surface area contributed by atoms with Gasteiger partial charge in [-0.15, -0.1) is 0 Å². The van der Waals surface area contributed by atoms with Crippen LogP contribution in [0.2, 0.25) is 0 Å². The number of hydrogen-bond donors (Lipinski definition) is 2. The van der Waals surface area contributed by atoms with Gasteiger partial charge in [0.05, 0.1) is 0 Å². The molecule has 4 nitrogen and oxygen atoms in total. The van der Waals surface area contributed by atoms with Crippen molar-refractivity contribution in [3.05, 3.63) is 39.7 Å². The Bertz CT molecular complexity index is 661. The normalized spacial score (nSPS) is 12.8. The van der Waals surface area contributed by atoms with Crippen LogP contribution < -0.4 is 10.9 Å². The Morgan fingerprint density at radius 2 is 2.15 bits per heavy atom. The van der Waals surface area contributed by atoms with E-state index in [1.165, 1.54) is 6.07 Å². The van der Waals surface area contributed by atoms with Crippen LogP contribution in [0.25, 0.3) is 11.0 Å². The van der Waals surface area contributed by atoms with Crippen molar-refractivity contribution < 1.29 is 9.52 Å². The van der Waals surface area contributed by atoms with Crippen molar-refractivity contribution in [1.82, 2.24) is 5.32 Å². The van der Waals surface area contributed by atoms with E-state index in [1.807, 2.05) is 0 Å². The second-order valence-corrected chi connectivity index (χ2v) is 5.25. The van der Waals surface area contributed by atoms with Crippen molar-refractivity contribution >= 4 is 11.0 Å². The quantitative estimate of drug-likeness (QED) is 0.823. The summed E-state index contributed by atoms with van der Waals surface area (Å²) in [4.78, 5) is 11.7. The maximum absolute atomic E-state index is 11.7. The van der Waals surface area contributed by atoms with Crippen LogP contribution in [-0.4, -0.2) is 11.1 Å². The fourth-order valence-corrected chi connectivity index (χ4v) is 2.38. The molecule has 0 saturated heterocycles.